The molecule has 74 valence electrons. The van der Waals surface area contributed by atoms with Crippen molar-refractivity contribution in [1.29, 1.82) is 0 Å². The van der Waals surface area contributed by atoms with Gasteiger partial charge >= 0.3 is 0 Å². The van der Waals surface area contributed by atoms with E-state index < -0.39 is 0 Å². The number of halogens is 1. The fraction of sp³-hybridized carbons (Fsp3) is 0.300. The summed E-state index contributed by atoms with van der Waals surface area (Å²) in [6.45, 7) is 2.31. The van der Waals surface area contributed by atoms with Crippen molar-refractivity contribution in [2.24, 2.45) is 0 Å². The van der Waals surface area contributed by atoms with Gasteiger partial charge in [-0.3, -0.25) is 4.79 Å². The highest BCUT2D eigenvalue weighted by atomic mass is 79.9. The highest BCUT2D eigenvalue weighted by Crippen LogP contribution is 2.36. The van der Waals surface area contributed by atoms with Gasteiger partial charge in [0.1, 0.15) is 0 Å². The molecule has 1 amide bonds. The van der Waals surface area contributed by atoms with Crippen LogP contribution in [0.5, 0.6) is 0 Å². The third kappa shape index (κ3) is 1.39. The van der Waals surface area contributed by atoms with E-state index in [9.17, 15) is 4.79 Å². The van der Waals surface area contributed by atoms with Crippen LogP contribution >= 0.6 is 15.9 Å². The zero-order valence-corrected chi connectivity index (χ0v) is 9.47. The number of amides is 1. The van der Waals surface area contributed by atoms with E-state index in [2.05, 4.69) is 15.9 Å². The maximum atomic E-state index is 11.3. The average molecular weight is 255 g/mol. The number of rotatable bonds is 0. The molecular formula is C10H11BrN2O. The Balaban J connectivity index is 2.54. The highest BCUT2D eigenvalue weighted by Gasteiger charge is 2.24. The average Bonchev–Trinajstić information content (AvgIpc) is 2.47. The molecule has 0 radical (unpaired) electrons. The molecule has 2 rings (SSSR count). The number of nitrogen functional groups attached to an aromatic ring is 1. The van der Waals surface area contributed by atoms with E-state index in [0.29, 0.717) is 5.69 Å². The molecule has 1 aliphatic heterocycles. The van der Waals surface area contributed by atoms with Crippen molar-refractivity contribution in [1.82, 2.24) is 0 Å². The molecule has 0 saturated carbocycles. The Bertz CT molecular complexity index is 403. The van der Waals surface area contributed by atoms with E-state index in [1.807, 2.05) is 12.1 Å². The first-order chi connectivity index (χ1) is 6.59. The van der Waals surface area contributed by atoms with Crippen molar-refractivity contribution in [2.45, 2.75) is 13.3 Å². The molecule has 0 fully saturated rings. The van der Waals surface area contributed by atoms with Gasteiger partial charge in [-0.15, -0.1) is 0 Å². The van der Waals surface area contributed by atoms with E-state index in [1.54, 1.807) is 11.8 Å². The molecule has 0 unspecified atom stereocenters. The van der Waals surface area contributed by atoms with Crippen LogP contribution in [0.2, 0.25) is 0 Å². The summed E-state index contributed by atoms with van der Waals surface area (Å²) in [5, 5.41) is 0. The monoisotopic (exact) mass is 254 g/mol. The van der Waals surface area contributed by atoms with E-state index in [4.69, 9.17) is 5.73 Å². The summed E-state index contributed by atoms with van der Waals surface area (Å²) in [7, 11) is 0. The van der Waals surface area contributed by atoms with Gasteiger partial charge in [0.15, 0.2) is 0 Å². The largest absolute Gasteiger partial charge is 0.397 e. The van der Waals surface area contributed by atoms with Gasteiger partial charge in [-0.1, -0.05) is 15.9 Å². The topological polar surface area (TPSA) is 46.3 Å². The number of carbonyl (C=O) groups excluding carboxylic acids is 1. The van der Waals surface area contributed by atoms with Gasteiger partial charge in [-0.2, -0.15) is 0 Å². The molecular weight excluding hydrogens is 244 g/mol. The first-order valence-corrected chi connectivity index (χ1v) is 5.25. The third-order valence-electron chi connectivity index (χ3n) is 2.44. The third-order valence-corrected chi connectivity index (χ3v) is 2.90. The van der Waals surface area contributed by atoms with Crippen LogP contribution in [0.1, 0.15) is 12.5 Å². The smallest absolute Gasteiger partial charge is 0.223 e. The summed E-state index contributed by atoms with van der Waals surface area (Å²) in [4.78, 5) is 13.0. The summed E-state index contributed by atoms with van der Waals surface area (Å²) in [6, 6.07) is 3.86. The molecule has 0 aliphatic carbocycles. The molecule has 0 aromatic heterocycles. The van der Waals surface area contributed by atoms with Crippen LogP contribution in [0.3, 0.4) is 0 Å². The molecule has 1 aromatic carbocycles. The van der Waals surface area contributed by atoms with Crippen LogP contribution in [0.15, 0.2) is 16.6 Å². The number of hydrogen-bond acceptors (Lipinski definition) is 2. The molecule has 3 nitrogen and oxygen atoms in total. The number of nitrogens with two attached hydrogens (primary N) is 1. The number of benzene rings is 1. The summed E-state index contributed by atoms with van der Waals surface area (Å²) < 4.78 is 0.971. The van der Waals surface area contributed by atoms with Crippen LogP contribution in [0.4, 0.5) is 11.4 Å². The number of carbonyl (C=O) groups is 1. The van der Waals surface area contributed by atoms with E-state index in [0.717, 1.165) is 28.7 Å². The SMILES string of the molecule is CC(=O)N1CCc2cc(Br)cc(N)c21. The number of hydrogen-bond donors (Lipinski definition) is 1. The zero-order chi connectivity index (χ0) is 10.3. The van der Waals surface area contributed by atoms with Crippen molar-refractivity contribution >= 4 is 33.2 Å². The Labute approximate surface area is 91.0 Å². The zero-order valence-electron chi connectivity index (χ0n) is 7.88. The molecule has 1 aromatic rings. The summed E-state index contributed by atoms with van der Waals surface area (Å²) in [6.07, 6.45) is 0.887. The molecule has 0 bridgehead atoms. The molecule has 4 heteroatoms. The van der Waals surface area contributed by atoms with Gasteiger partial charge in [0.25, 0.3) is 0 Å². The molecule has 1 aliphatic rings. The lowest BCUT2D eigenvalue weighted by molar-refractivity contribution is -0.116. The lowest BCUT2D eigenvalue weighted by Gasteiger charge is -2.16. The second-order valence-electron chi connectivity index (χ2n) is 3.42. The van der Waals surface area contributed by atoms with Crippen LogP contribution in [-0.2, 0) is 11.2 Å². The fourth-order valence-electron chi connectivity index (χ4n) is 1.86. The van der Waals surface area contributed by atoms with Crippen molar-refractivity contribution in [2.75, 3.05) is 17.2 Å². The maximum Gasteiger partial charge on any atom is 0.223 e. The van der Waals surface area contributed by atoms with Crippen LogP contribution in [0.25, 0.3) is 0 Å². The lowest BCUT2D eigenvalue weighted by Crippen LogP contribution is -2.26. The Morgan fingerprint density at radius 1 is 1.57 bits per heavy atom. The summed E-state index contributed by atoms with van der Waals surface area (Å²) >= 11 is 3.39. The van der Waals surface area contributed by atoms with Crippen molar-refractivity contribution in [3.63, 3.8) is 0 Å². The fourth-order valence-corrected chi connectivity index (χ4v) is 2.38. The minimum atomic E-state index is 0.0535. The Kier molecular flexibility index (Phi) is 2.23. The van der Waals surface area contributed by atoms with Gasteiger partial charge in [0.2, 0.25) is 5.91 Å². The molecule has 0 atom stereocenters. The minimum absolute atomic E-state index is 0.0535. The van der Waals surface area contributed by atoms with Crippen molar-refractivity contribution < 1.29 is 4.79 Å². The predicted molar refractivity (Wildman–Crippen MR) is 60.3 cm³/mol. The second-order valence-corrected chi connectivity index (χ2v) is 4.34. The first-order valence-electron chi connectivity index (χ1n) is 4.45. The highest BCUT2D eigenvalue weighted by molar-refractivity contribution is 9.10. The van der Waals surface area contributed by atoms with Crippen LogP contribution in [-0.4, -0.2) is 12.5 Å². The Morgan fingerprint density at radius 3 is 2.93 bits per heavy atom. The van der Waals surface area contributed by atoms with Gasteiger partial charge in [-0.05, 0) is 24.1 Å². The van der Waals surface area contributed by atoms with Gasteiger partial charge in [0.05, 0.1) is 11.4 Å². The van der Waals surface area contributed by atoms with E-state index in [-0.39, 0.29) is 5.91 Å². The quantitative estimate of drug-likeness (QED) is 0.720. The number of fused-ring (bicyclic) bond motifs is 1. The van der Waals surface area contributed by atoms with Gasteiger partial charge in [-0.25, -0.2) is 0 Å². The predicted octanol–water partition coefficient (Wildman–Crippen LogP) is 1.94. The summed E-state index contributed by atoms with van der Waals surface area (Å²) in [5.41, 5.74) is 8.58. The first kappa shape index (κ1) is 9.52. The Hall–Kier alpha value is -1.03. The van der Waals surface area contributed by atoms with Crippen molar-refractivity contribution in [3.05, 3.63) is 22.2 Å². The second kappa shape index (κ2) is 3.28. The normalized spacial score (nSPS) is 14.3. The van der Waals surface area contributed by atoms with Crippen LogP contribution < -0.4 is 10.6 Å². The van der Waals surface area contributed by atoms with E-state index in [1.165, 1.54) is 0 Å². The molecule has 14 heavy (non-hydrogen) atoms. The number of nitrogens with zero attached hydrogens (tertiary/aromatic N) is 1. The van der Waals surface area contributed by atoms with Gasteiger partial charge < -0.3 is 10.6 Å². The molecule has 0 saturated heterocycles. The maximum absolute atomic E-state index is 11.3. The molecule has 0 spiro atoms. The number of anilines is 2. The van der Waals surface area contributed by atoms with E-state index >= 15 is 0 Å². The van der Waals surface area contributed by atoms with Gasteiger partial charge in [0, 0.05) is 17.9 Å². The Morgan fingerprint density at radius 2 is 2.29 bits per heavy atom. The van der Waals surface area contributed by atoms with Crippen LogP contribution in [0, 0.1) is 0 Å². The molecule has 1 heterocycles. The summed E-state index contributed by atoms with van der Waals surface area (Å²) in [5.74, 6) is 0.0535. The van der Waals surface area contributed by atoms with Crippen molar-refractivity contribution in [3.8, 4) is 0 Å². The lowest BCUT2D eigenvalue weighted by atomic mass is 10.1. The standard InChI is InChI=1S/C10H11BrN2O/c1-6(14)13-3-2-7-4-8(11)5-9(12)10(7)13/h4-5H,2-3,12H2,1H3. The molecule has 2 N–H and O–H groups in total. The minimum Gasteiger partial charge on any atom is -0.397 e.